The van der Waals surface area contributed by atoms with E-state index in [1.54, 1.807) is 17.4 Å². The van der Waals surface area contributed by atoms with Crippen molar-refractivity contribution < 1.29 is 4.39 Å². The molecule has 1 saturated carbocycles. The van der Waals surface area contributed by atoms with Crippen molar-refractivity contribution in [3.63, 3.8) is 0 Å². The number of nitrogens with two attached hydrogens (primary N) is 1. The van der Waals surface area contributed by atoms with Crippen LogP contribution in [0.4, 0.5) is 10.1 Å². The van der Waals surface area contributed by atoms with Gasteiger partial charge in [0, 0.05) is 24.8 Å². The van der Waals surface area contributed by atoms with Crippen LogP contribution < -0.4 is 10.6 Å². The number of hydrogen-bond donors (Lipinski definition) is 1. The van der Waals surface area contributed by atoms with Gasteiger partial charge in [-0.3, -0.25) is 0 Å². The monoisotopic (exact) mass is 276 g/mol. The molecule has 0 unspecified atom stereocenters. The van der Waals surface area contributed by atoms with Crippen LogP contribution in [0.1, 0.15) is 24.0 Å². The van der Waals surface area contributed by atoms with Gasteiger partial charge in [0.1, 0.15) is 5.82 Å². The van der Waals surface area contributed by atoms with E-state index >= 15 is 0 Å². The molecule has 1 fully saturated rings. The Morgan fingerprint density at radius 3 is 2.79 bits per heavy atom. The van der Waals surface area contributed by atoms with Gasteiger partial charge < -0.3 is 10.6 Å². The van der Waals surface area contributed by atoms with Crippen molar-refractivity contribution in [3.8, 4) is 0 Å². The molecule has 0 radical (unpaired) electrons. The van der Waals surface area contributed by atoms with Gasteiger partial charge in [-0.2, -0.15) is 11.3 Å². The van der Waals surface area contributed by atoms with Crippen LogP contribution in [-0.4, -0.2) is 6.04 Å². The lowest BCUT2D eigenvalue weighted by Gasteiger charge is -2.26. The summed E-state index contributed by atoms with van der Waals surface area (Å²) in [6.07, 6.45) is 2.43. The molecule has 100 valence electrons. The fourth-order valence-electron chi connectivity index (χ4n) is 2.37. The molecule has 2 N–H and O–H groups in total. The number of rotatable bonds is 5. The van der Waals surface area contributed by atoms with Crippen LogP contribution in [-0.2, 0) is 13.1 Å². The number of nitrogens with zero attached hydrogens (tertiary/aromatic N) is 1. The number of halogens is 1. The zero-order valence-electron chi connectivity index (χ0n) is 10.7. The van der Waals surface area contributed by atoms with Crippen LogP contribution in [0.25, 0.3) is 0 Å². The first-order valence-electron chi connectivity index (χ1n) is 6.54. The summed E-state index contributed by atoms with van der Waals surface area (Å²) in [5.41, 5.74) is 9.04. The van der Waals surface area contributed by atoms with Gasteiger partial charge in [0.2, 0.25) is 0 Å². The molecule has 1 aliphatic rings. The highest BCUT2D eigenvalue weighted by atomic mass is 32.1. The van der Waals surface area contributed by atoms with Gasteiger partial charge in [-0.15, -0.1) is 0 Å². The Bertz CT molecular complexity index is 549. The Kier molecular flexibility index (Phi) is 3.53. The van der Waals surface area contributed by atoms with E-state index in [-0.39, 0.29) is 5.82 Å². The summed E-state index contributed by atoms with van der Waals surface area (Å²) in [6.45, 7) is 1.26. The highest BCUT2D eigenvalue weighted by molar-refractivity contribution is 7.07. The van der Waals surface area contributed by atoms with Gasteiger partial charge in [0.25, 0.3) is 0 Å². The van der Waals surface area contributed by atoms with E-state index in [1.807, 2.05) is 6.07 Å². The molecular weight excluding hydrogens is 259 g/mol. The lowest BCUT2D eigenvalue weighted by Crippen LogP contribution is -2.26. The van der Waals surface area contributed by atoms with E-state index in [0.717, 1.165) is 17.8 Å². The fraction of sp³-hybridized carbons (Fsp3) is 0.333. The zero-order valence-corrected chi connectivity index (χ0v) is 11.5. The van der Waals surface area contributed by atoms with Crippen molar-refractivity contribution in [2.45, 2.75) is 32.0 Å². The first-order chi connectivity index (χ1) is 9.28. The summed E-state index contributed by atoms with van der Waals surface area (Å²) in [5.74, 6) is -0.213. The average Bonchev–Trinajstić information content (AvgIpc) is 3.13. The Balaban J connectivity index is 1.91. The molecule has 3 rings (SSSR count). The van der Waals surface area contributed by atoms with Crippen LogP contribution in [0.3, 0.4) is 0 Å². The summed E-state index contributed by atoms with van der Waals surface area (Å²) >= 11 is 1.71. The van der Waals surface area contributed by atoms with Gasteiger partial charge in [-0.1, -0.05) is 0 Å². The van der Waals surface area contributed by atoms with E-state index in [2.05, 4.69) is 21.7 Å². The lowest BCUT2D eigenvalue weighted by molar-refractivity contribution is 0.624. The minimum atomic E-state index is -0.213. The summed E-state index contributed by atoms with van der Waals surface area (Å²) in [6, 6.07) is 7.67. The normalized spacial score (nSPS) is 14.6. The van der Waals surface area contributed by atoms with Gasteiger partial charge in [-0.05, 0) is 59.0 Å². The Morgan fingerprint density at radius 2 is 2.16 bits per heavy atom. The molecule has 1 aromatic carbocycles. The molecule has 1 aromatic heterocycles. The molecule has 2 aromatic rings. The van der Waals surface area contributed by atoms with Crippen molar-refractivity contribution >= 4 is 17.0 Å². The molecule has 0 spiro atoms. The standard InChI is InChI=1S/C15H17FN2S/c16-13-1-4-15(12(7-13)8-17)18(14-2-3-14)9-11-5-6-19-10-11/h1,4-7,10,14H,2-3,8-9,17H2. The summed E-state index contributed by atoms with van der Waals surface area (Å²) in [4.78, 5) is 2.36. The van der Waals surface area contributed by atoms with Crippen LogP contribution in [0.2, 0.25) is 0 Å². The number of hydrogen-bond acceptors (Lipinski definition) is 3. The highest BCUT2D eigenvalue weighted by Crippen LogP contribution is 2.35. The largest absolute Gasteiger partial charge is 0.364 e. The van der Waals surface area contributed by atoms with Gasteiger partial charge in [0.05, 0.1) is 0 Å². The maximum atomic E-state index is 13.3. The Hall–Kier alpha value is -1.39. The maximum absolute atomic E-state index is 13.3. The number of anilines is 1. The topological polar surface area (TPSA) is 29.3 Å². The first kappa shape index (κ1) is 12.6. The molecular formula is C15H17FN2S. The smallest absolute Gasteiger partial charge is 0.123 e. The summed E-state index contributed by atoms with van der Waals surface area (Å²) in [5, 5.41) is 4.26. The number of benzene rings is 1. The van der Waals surface area contributed by atoms with Crippen LogP contribution in [0.15, 0.2) is 35.0 Å². The molecule has 0 bridgehead atoms. The molecule has 1 aliphatic carbocycles. The maximum Gasteiger partial charge on any atom is 0.123 e. The first-order valence-corrected chi connectivity index (χ1v) is 7.48. The minimum absolute atomic E-state index is 0.213. The van der Waals surface area contributed by atoms with Crippen molar-refractivity contribution in [3.05, 3.63) is 52.0 Å². The molecule has 0 atom stereocenters. The van der Waals surface area contributed by atoms with Crippen LogP contribution >= 0.6 is 11.3 Å². The van der Waals surface area contributed by atoms with E-state index in [4.69, 9.17) is 5.73 Å². The third-order valence-corrected chi connectivity index (χ3v) is 4.22. The third-order valence-electron chi connectivity index (χ3n) is 3.49. The van der Waals surface area contributed by atoms with Crippen molar-refractivity contribution in [1.82, 2.24) is 0 Å². The predicted molar refractivity (Wildman–Crippen MR) is 77.8 cm³/mol. The van der Waals surface area contributed by atoms with Crippen LogP contribution in [0.5, 0.6) is 0 Å². The molecule has 0 aliphatic heterocycles. The molecule has 2 nitrogen and oxygen atoms in total. The second-order valence-corrected chi connectivity index (χ2v) is 5.75. The van der Waals surface area contributed by atoms with Gasteiger partial charge in [0.15, 0.2) is 0 Å². The van der Waals surface area contributed by atoms with Crippen molar-refractivity contribution in [1.29, 1.82) is 0 Å². The lowest BCUT2D eigenvalue weighted by atomic mass is 10.1. The average molecular weight is 276 g/mol. The van der Waals surface area contributed by atoms with Crippen molar-refractivity contribution in [2.75, 3.05) is 4.90 Å². The molecule has 0 amide bonds. The van der Waals surface area contributed by atoms with E-state index in [9.17, 15) is 4.39 Å². The summed E-state index contributed by atoms with van der Waals surface area (Å²) in [7, 11) is 0. The molecule has 4 heteroatoms. The predicted octanol–water partition coefficient (Wildman–Crippen LogP) is 3.51. The fourth-order valence-corrected chi connectivity index (χ4v) is 3.03. The van der Waals surface area contributed by atoms with Gasteiger partial charge in [-0.25, -0.2) is 4.39 Å². The van der Waals surface area contributed by atoms with Gasteiger partial charge >= 0.3 is 0 Å². The number of thiophene rings is 1. The minimum Gasteiger partial charge on any atom is -0.364 e. The second kappa shape index (κ2) is 5.31. The molecule has 1 heterocycles. The SMILES string of the molecule is NCc1cc(F)ccc1N(Cc1ccsc1)C1CC1. The van der Waals surface area contributed by atoms with E-state index in [0.29, 0.717) is 12.6 Å². The summed E-state index contributed by atoms with van der Waals surface area (Å²) < 4.78 is 13.3. The third kappa shape index (κ3) is 2.80. The molecule has 0 saturated heterocycles. The van der Waals surface area contributed by atoms with Crippen LogP contribution in [0, 0.1) is 5.82 Å². The van der Waals surface area contributed by atoms with Crippen molar-refractivity contribution in [2.24, 2.45) is 5.73 Å². The Morgan fingerprint density at radius 1 is 1.32 bits per heavy atom. The quantitative estimate of drug-likeness (QED) is 0.905. The Labute approximate surface area is 116 Å². The zero-order chi connectivity index (χ0) is 13.2. The molecule has 19 heavy (non-hydrogen) atoms. The highest BCUT2D eigenvalue weighted by Gasteiger charge is 2.30. The van der Waals surface area contributed by atoms with E-state index < -0.39 is 0 Å². The van der Waals surface area contributed by atoms with E-state index in [1.165, 1.54) is 24.5 Å². The second-order valence-electron chi connectivity index (χ2n) is 4.97.